The highest BCUT2D eigenvalue weighted by Crippen LogP contribution is 2.35. The third-order valence-electron chi connectivity index (χ3n) is 4.51. The minimum absolute atomic E-state index is 0.0275. The van der Waals surface area contributed by atoms with Crippen LogP contribution in [-0.2, 0) is 18.2 Å². The number of aliphatic hydroxyl groups is 1. The van der Waals surface area contributed by atoms with E-state index in [0.29, 0.717) is 30.6 Å². The maximum absolute atomic E-state index is 11.7. The predicted molar refractivity (Wildman–Crippen MR) is 103 cm³/mol. The van der Waals surface area contributed by atoms with Gasteiger partial charge in [0.15, 0.2) is 0 Å². The summed E-state index contributed by atoms with van der Waals surface area (Å²) in [5.74, 6) is -0.141. The Morgan fingerprint density at radius 3 is 2.77 bits per heavy atom. The quantitative estimate of drug-likeness (QED) is 0.403. The molecule has 8 nitrogen and oxygen atoms in total. The zero-order valence-corrected chi connectivity index (χ0v) is 15.4. The molecule has 1 aromatic carbocycles. The van der Waals surface area contributed by atoms with Crippen molar-refractivity contribution in [2.45, 2.75) is 19.4 Å². The van der Waals surface area contributed by atoms with E-state index in [4.69, 9.17) is 10.5 Å². The lowest BCUT2D eigenvalue weighted by molar-refractivity contribution is -0.383. The van der Waals surface area contributed by atoms with Crippen LogP contribution in [0.4, 0.5) is 11.4 Å². The highest BCUT2D eigenvalue weighted by molar-refractivity contribution is 5.95. The second kappa shape index (κ2) is 8.20. The average molecular weight is 362 g/mol. The van der Waals surface area contributed by atoms with E-state index in [0.717, 1.165) is 11.2 Å². The van der Waals surface area contributed by atoms with Gasteiger partial charge >= 0.3 is 0 Å². The minimum atomic E-state index is -0.672. The lowest BCUT2D eigenvalue weighted by Gasteiger charge is -2.23. The number of methoxy groups -OCH3 is 1. The molecule has 0 aliphatic rings. The highest BCUT2D eigenvalue weighted by atomic mass is 16.6. The van der Waals surface area contributed by atoms with Crippen LogP contribution in [0.15, 0.2) is 30.7 Å². The van der Waals surface area contributed by atoms with Crippen molar-refractivity contribution < 1.29 is 14.8 Å². The van der Waals surface area contributed by atoms with Gasteiger partial charge in [-0.1, -0.05) is 6.58 Å². The fourth-order valence-corrected chi connectivity index (χ4v) is 3.08. The van der Waals surface area contributed by atoms with E-state index >= 15 is 0 Å². The molecule has 3 N–H and O–H groups in total. The summed E-state index contributed by atoms with van der Waals surface area (Å²) in [7, 11) is 3.46. The molecule has 1 heterocycles. The summed E-state index contributed by atoms with van der Waals surface area (Å²) in [4.78, 5) is 13.4. The molecule has 1 atom stereocenters. The molecule has 26 heavy (non-hydrogen) atoms. The van der Waals surface area contributed by atoms with Crippen LogP contribution < -0.4 is 10.6 Å². The Hall–Kier alpha value is -2.58. The Bertz CT molecular complexity index is 815. The standard InChI is InChI=1S/C18H26N4O4/c1-5-21(6-7-26-4)14-9-16-18(17(10-14)22(24)25)13(11-20(16)3)8-15(19)12(2)23/h9-11,15,23H,2,5-8,19H2,1,3-4H3. The number of nitrogens with two attached hydrogens (primary N) is 1. The molecule has 142 valence electrons. The third-order valence-corrected chi connectivity index (χ3v) is 4.51. The number of hydrogen-bond acceptors (Lipinski definition) is 6. The molecule has 0 aliphatic heterocycles. The molecule has 1 aromatic heterocycles. The first kappa shape index (κ1) is 19.7. The molecule has 0 bridgehead atoms. The van der Waals surface area contributed by atoms with Crippen LogP contribution in [0.1, 0.15) is 12.5 Å². The number of likely N-dealkylation sites (N-methyl/N-ethyl adjacent to an activating group) is 1. The maximum Gasteiger partial charge on any atom is 0.281 e. The number of benzene rings is 1. The molecule has 0 spiro atoms. The first-order valence-electron chi connectivity index (χ1n) is 8.43. The van der Waals surface area contributed by atoms with Crippen LogP contribution in [0.3, 0.4) is 0 Å². The summed E-state index contributed by atoms with van der Waals surface area (Å²) in [6.07, 6.45) is 2.09. The largest absolute Gasteiger partial charge is 0.511 e. The topological polar surface area (TPSA) is 107 Å². The van der Waals surface area contributed by atoms with E-state index in [1.54, 1.807) is 13.2 Å². The normalized spacial score (nSPS) is 12.3. The number of fused-ring (bicyclic) bond motifs is 1. The van der Waals surface area contributed by atoms with E-state index < -0.39 is 6.04 Å². The van der Waals surface area contributed by atoms with Crippen LogP contribution in [0.5, 0.6) is 0 Å². The number of ether oxygens (including phenoxy) is 1. The Morgan fingerprint density at radius 2 is 2.23 bits per heavy atom. The Morgan fingerprint density at radius 1 is 1.54 bits per heavy atom. The van der Waals surface area contributed by atoms with Gasteiger partial charge in [-0.15, -0.1) is 0 Å². The summed E-state index contributed by atoms with van der Waals surface area (Å²) in [6, 6.07) is 2.85. The van der Waals surface area contributed by atoms with E-state index in [2.05, 4.69) is 6.58 Å². The second-order valence-corrected chi connectivity index (χ2v) is 6.26. The van der Waals surface area contributed by atoms with Gasteiger partial charge in [0.2, 0.25) is 0 Å². The summed E-state index contributed by atoms with van der Waals surface area (Å²) >= 11 is 0. The van der Waals surface area contributed by atoms with E-state index in [9.17, 15) is 15.2 Å². The van der Waals surface area contributed by atoms with Gasteiger partial charge in [0.25, 0.3) is 5.69 Å². The molecule has 1 unspecified atom stereocenters. The summed E-state index contributed by atoms with van der Waals surface area (Å²) < 4.78 is 6.97. The molecule has 0 fully saturated rings. The number of nitro groups is 1. The molecule has 2 aromatic rings. The summed E-state index contributed by atoms with van der Waals surface area (Å²) in [6.45, 7) is 7.32. The first-order valence-corrected chi connectivity index (χ1v) is 8.43. The minimum Gasteiger partial charge on any atom is -0.511 e. The Labute approximate surface area is 152 Å². The number of nitrogens with zero attached hydrogens (tertiary/aromatic N) is 3. The van der Waals surface area contributed by atoms with Gasteiger partial charge < -0.3 is 25.0 Å². The Balaban J connectivity index is 2.60. The number of anilines is 1. The smallest absolute Gasteiger partial charge is 0.281 e. The molecule has 0 saturated carbocycles. The van der Waals surface area contributed by atoms with Crippen molar-refractivity contribution in [3.63, 3.8) is 0 Å². The lowest BCUT2D eigenvalue weighted by atomic mass is 10.0. The lowest BCUT2D eigenvalue weighted by Crippen LogP contribution is -2.26. The van der Waals surface area contributed by atoms with Gasteiger partial charge in [-0.25, -0.2) is 0 Å². The van der Waals surface area contributed by atoms with Gasteiger partial charge in [-0.2, -0.15) is 0 Å². The average Bonchev–Trinajstić information content (AvgIpc) is 2.90. The molecule has 0 radical (unpaired) electrons. The van der Waals surface area contributed by atoms with Crippen LogP contribution in [0, 0.1) is 10.1 Å². The van der Waals surface area contributed by atoms with Crippen molar-refractivity contribution in [2.75, 3.05) is 31.7 Å². The number of hydrogen-bond donors (Lipinski definition) is 2. The van der Waals surface area contributed by atoms with Gasteiger partial charge in [-0.3, -0.25) is 10.1 Å². The van der Waals surface area contributed by atoms with E-state index in [1.807, 2.05) is 35.7 Å². The van der Waals surface area contributed by atoms with Crippen molar-refractivity contribution in [1.29, 1.82) is 0 Å². The zero-order valence-electron chi connectivity index (χ0n) is 15.4. The SMILES string of the molecule is C=C(O)C(N)Cc1cn(C)c2cc(N(CC)CCOC)cc([N+](=O)[O-])c12. The number of aliphatic hydroxyl groups excluding tert-OH is 1. The van der Waals surface area contributed by atoms with Crippen molar-refractivity contribution in [1.82, 2.24) is 4.57 Å². The molecule has 0 amide bonds. The highest BCUT2D eigenvalue weighted by Gasteiger charge is 2.23. The fourth-order valence-electron chi connectivity index (χ4n) is 3.08. The van der Waals surface area contributed by atoms with Crippen molar-refractivity contribution in [3.05, 3.63) is 46.3 Å². The third kappa shape index (κ3) is 3.97. The van der Waals surface area contributed by atoms with Crippen LogP contribution in [-0.4, -0.2) is 47.4 Å². The Kier molecular flexibility index (Phi) is 6.23. The van der Waals surface area contributed by atoms with Gasteiger partial charge in [0.05, 0.1) is 28.5 Å². The van der Waals surface area contributed by atoms with Crippen molar-refractivity contribution in [3.8, 4) is 0 Å². The fraction of sp³-hybridized carbons (Fsp3) is 0.444. The van der Waals surface area contributed by atoms with Crippen molar-refractivity contribution in [2.24, 2.45) is 12.8 Å². The number of aryl methyl sites for hydroxylation is 1. The van der Waals surface area contributed by atoms with E-state index in [1.165, 1.54) is 0 Å². The van der Waals surface area contributed by atoms with Gasteiger partial charge in [0.1, 0.15) is 5.76 Å². The van der Waals surface area contributed by atoms with Crippen LogP contribution >= 0.6 is 0 Å². The monoisotopic (exact) mass is 362 g/mol. The second-order valence-electron chi connectivity index (χ2n) is 6.26. The van der Waals surface area contributed by atoms with Crippen molar-refractivity contribution >= 4 is 22.3 Å². The molecule has 0 aliphatic carbocycles. The summed E-state index contributed by atoms with van der Waals surface area (Å²) in [5, 5.41) is 21.8. The van der Waals surface area contributed by atoms with Crippen LogP contribution in [0.2, 0.25) is 0 Å². The van der Waals surface area contributed by atoms with E-state index in [-0.39, 0.29) is 22.8 Å². The number of rotatable bonds is 9. The molecular formula is C18H26N4O4. The van der Waals surface area contributed by atoms with Gasteiger partial charge in [0, 0.05) is 45.2 Å². The zero-order chi connectivity index (χ0) is 19.4. The maximum atomic E-state index is 11.7. The number of aromatic nitrogens is 1. The van der Waals surface area contributed by atoms with Gasteiger partial charge in [-0.05, 0) is 25.0 Å². The number of non-ortho nitro benzene ring substituents is 1. The number of nitro benzene ring substituents is 1. The first-order chi connectivity index (χ1) is 12.3. The predicted octanol–water partition coefficient (Wildman–Crippen LogP) is 2.50. The molecular weight excluding hydrogens is 336 g/mol. The molecule has 0 saturated heterocycles. The molecule has 8 heteroatoms. The van der Waals surface area contributed by atoms with Crippen LogP contribution in [0.25, 0.3) is 10.9 Å². The summed E-state index contributed by atoms with van der Waals surface area (Å²) in [5.41, 5.74) is 8.13. The molecule has 2 rings (SSSR count).